The summed E-state index contributed by atoms with van der Waals surface area (Å²) in [4.78, 5) is -0.0213. The van der Waals surface area contributed by atoms with Gasteiger partial charge in [-0.15, -0.1) is 0 Å². The van der Waals surface area contributed by atoms with Gasteiger partial charge < -0.3 is 0 Å². The molecular formula is C23H18O4S2. The molecule has 0 radical (unpaired) electrons. The Kier molecular flexibility index (Phi) is 4.81. The fraction of sp³-hybridized carbons (Fsp3) is 0.130. The Balaban J connectivity index is 1.86. The van der Waals surface area contributed by atoms with Crippen LogP contribution in [0.15, 0.2) is 101 Å². The lowest BCUT2D eigenvalue weighted by atomic mass is 10.2. The smallest absolute Gasteiger partial charge is 0.200 e. The topological polar surface area (TPSA) is 68.3 Å². The molecule has 29 heavy (non-hydrogen) atoms. The lowest BCUT2D eigenvalue weighted by molar-refractivity contribution is 0.570. The average molecular weight is 423 g/mol. The van der Waals surface area contributed by atoms with Gasteiger partial charge in [0, 0.05) is 5.56 Å². The van der Waals surface area contributed by atoms with Crippen LogP contribution in [0.3, 0.4) is 0 Å². The third-order valence-electron chi connectivity index (χ3n) is 5.04. The summed E-state index contributed by atoms with van der Waals surface area (Å²) in [6.45, 7) is 0. The molecule has 0 amide bonds. The summed E-state index contributed by atoms with van der Waals surface area (Å²) < 4.78 is 52.1. The van der Waals surface area contributed by atoms with Crippen molar-refractivity contribution in [1.29, 1.82) is 0 Å². The first kappa shape index (κ1) is 19.4. The van der Waals surface area contributed by atoms with Crippen LogP contribution >= 0.6 is 0 Å². The fourth-order valence-corrected chi connectivity index (χ4v) is 8.62. The molecule has 0 spiro atoms. The molecule has 4 rings (SSSR count). The van der Waals surface area contributed by atoms with Crippen LogP contribution in [0.5, 0.6) is 0 Å². The van der Waals surface area contributed by atoms with Gasteiger partial charge in [-0.25, -0.2) is 16.8 Å². The quantitative estimate of drug-likeness (QED) is 0.601. The number of hydrogen-bond acceptors (Lipinski definition) is 4. The van der Waals surface area contributed by atoms with Crippen LogP contribution in [-0.2, 0) is 19.7 Å². The molecular weight excluding hydrogens is 404 g/mol. The summed E-state index contributed by atoms with van der Waals surface area (Å²) in [5.74, 6) is 5.03. The minimum Gasteiger partial charge on any atom is -0.222 e. The van der Waals surface area contributed by atoms with Crippen LogP contribution < -0.4 is 0 Å². The van der Waals surface area contributed by atoms with Gasteiger partial charge >= 0.3 is 0 Å². The second-order valence-electron chi connectivity index (χ2n) is 6.84. The first-order valence-corrected chi connectivity index (χ1v) is 12.0. The Bertz CT molecular complexity index is 1220. The molecule has 0 heterocycles. The standard InChI is InChI=1S/C23H18O4S2/c24-28(25,21-12-6-2-7-13-21)23(29(26,27)22-14-8-3-9-15-22)18-20(23)17-16-19-10-4-1-5-11-19/h1-15,20H,18H2/t20-/m1/s1. The van der Waals surface area contributed by atoms with Crippen LogP contribution in [0.1, 0.15) is 12.0 Å². The molecule has 0 aromatic heterocycles. The molecule has 3 aromatic rings. The van der Waals surface area contributed by atoms with E-state index in [1.165, 1.54) is 24.3 Å². The Hall–Kier alpha value is -2.88. The summed E-state index contributed by atoms with van der Waals surface area (Å²) >= 11 is 0. The normalized spacial score (nSPS) is 17.7. The van der Waals surface area contributed by atoms with E-state index < -0.39 is 29.7 Å². The van der Waals surface area contributed by atoms with Gasteiger partial charge in [0.2, 0.25) is 0 Å². The number of benzene rings is 3. The zero-order chi connectivity index (χ0) is 20.5. The monoisotopic (exact) mass is 422 g/mol. The Labute approximate surface area is 171 Å². The van der Waals surface area contributed by atoms with Gasteiger partial charge in [0.15, 0.2) is 23.8 Å². The molecule has 3 aromatic carbocycles. The minimum absolute atomic E-state index is 0.0106. The van der Waals surface area contributed by atoms with Crippen molar-refractivity contribution in [3.63, 3.8) is 0 Å². The maximum Gasteiger partial charge on any atom is 0.200 e. The molecule has 0 unspecified atom stereocenters. The van der Waals surface area contributed by atoms with Gasteiger partial charge in [-0.2, -0.15) is 0 Å². The van der Waals surface area contributed by atoms with Gasteiger partial charge in [0.05, 0.1) is 15.7 Å². The molecule has 0 saturated heterocycles. The van der Waals surface area contributed by atoms with Crippen molar-refractivity contribution >= 4 is 19.7 Å². The van der Waals surface area contributed by atoms with E-state index >= 15 is 0 Å². The summed E-state index contributed by atoms with van der Waals surface area (Å²) in [6, 6.07) is 24.5. The fourth-order valence-electron chi connectivity index (χ4n) is 3.42. The minimum atomic E-state index is -4.18. The molecule has 0 N–H and O–H groups in total. The highest BCUT2D eigenvalue weighted by atomic mass is 32.3. The largest absolute Gasteiger partial charge is 0.222 e. The SMILES string of the molecule is O=S(=O)(c1ccccc1)C1(S(=O)(=O)c2ccccc2)C[C@H]1C#Cc1ccccc1. The molecule has 1 atom stereocenters. The first-order chi connectivity index (χ1) is 13.9. The first-order valence-electron chi connectivity index (χ1n) is 9.05. The zero-order valence-corrected chi connectivity index (χ0v) is 17.0. The summed E-state index contributed by atoms with van der Waals surface area (Å²) in [5, 5.41) is 0. The molecule has 1 aliphatic carbocycles. The molecule has 1 aliphatic rings. The van der Waals surface area contributed by atoms with E-state index in [-0.39, 0.29) is 16.2 Å². The van der Waals surface area contributed by atoms with E-state index in [9.17, 15) is 16.8 Å². The Morgan fingerprint density at radius 1 is 0.655 bits per heavy atom. The van der Waals surface area contributed by atoms with Crippen LogP contribution in [0, 0.1) is 17.8 Å². The van der Waals surface area contributed by atoms with Crippen LogP contribution in [0.2, 0.25) is 0 Å². The summed E-state index contributed by atoms with van der Waals surface area (Å²) in [5.41, 5.74) is 0.711. The van der Waals surface area contributed by atoms with Gasteiger partial charge in [-0.3, -0.25) is 0 Å². The highest BCUT2D eigenvalue weighted by molar-refractivity contribution is 8.11. The van der Waals surface area contributed by atoms with Crippen molar-refractivity contribution in [3.05, 3.63) is 96.6 Å². The predicted molar refractivity (Wildman–Crippen MR) is 111 cm³/mol. The second-order valence-corrected chi connectivity index (χ2v) is 11.5. The number of rotatable bonds is 4. The molecule has 1 saturated carbocycles. The highest BCUT2D eigenvalue weighted by Crippen LogP contribution is 2.58. The van der Waals surface area contributed by atoms with Crippen molar-refractivity contribution in [2.45, 2.75) is 20.3 Å². The predicted octanol–water partition coefficient (Wildman–Crippen LogP) is 3.70. The maximum atomic E-state index is 13.5. The van der Waals surface area contributed by atoms with Crippen molar-refractivity contribution in [2.75, 3.05) is 0 Å². The maximum absolute atomic E-state index is 13.5. The van der Waals surface area contributed by atoms with E-state index in [1.54, 1.807) is 48.5 Å². The zero-order valence-electron chi connectivity index (χ0n) is 15.4. The molecule has 1 fully saturated rings. The Morgan fingerprint density at radius 2 is 1.07 bits per heavy atom. The lowest BCUT2D eigenvalue weighted by Crippen LogP contribution is -2.35. The summed E-state index contributed by atoms with van der Waals surface area (Å²) in [7, 11) is -8.35. The van der Waals surface area contributed by atoms with Gasteiger partial charge in [0.1, 0.15) is 0 Å². The number of sulfone groups is 2. The van der Waals surface area contributed by atoms with Crippen molar-refractivity contribution in [3.8, 4) is 11.8 Å². The molecule has 0 bridgehead atoms. The molecule has 6 heteroatoms. The molecule has 146 valence electrons. The van der Waals surface area contributed by atoms with Crippen LogP contribution in [0.4, 0.5) is 0 Å². The average Bonchev–Trinajstić information content (AvgIpc) is 3.51. The molecule has 0 aliphatic heterocycles. The van der Waals surface area contributed by atoms with Crippen molar-refractivity contribution < 1.29 is 16.8 Å². The Morgan fingerprint density at radius 3 is 1.52 bits per heavy atom. The second kappa shape index (κ2) is 7.18. The van der Waals surface area contributed by atoms with Gasteiger partial charge in [-0.1, -0.05) is 66.4 Å². The molecule has 4 nitrogen and oxygen atoms in total. The van der Waals surface area contributed by atoms with E-state index in [4.69, 9.17) is 0 Å². The van der Waals surface area contributed by atoms with Crippen LogP contribution in [-0.4, -0.2) is 20.9 Å². The number of hydrogen-bond donors (Lipinski definition) is 0. The third kappa shape index (κ3) is 3.17. The lowest BCUT2D eigenvalue weighted by Gasteiger charge is -2.18. The summed E-state index contributed by atoms with van der Waals surface area (Å²) in [6.07, 6.45) is -0.0543. The van der Waals surface area contributed by atoms with Gasteiger partial charge in [0.25, 0.3) is 0 Å². The third-order valence-corrected chi connectivity index (χ3v) is 10.9. The highest BCUT2D eigenvalue weighted by Gasteiger charge is 2.72. The van der Waals surface area contributed by atoms with E-state index in [1.807, 2.05) is 18.2 Å². The van der Waals surface area contributed by atoms with E-state index in [0.29, 0.717) is 5.56 Å². The van der Waals surface area contributed by atoms with Crippen molar-refractivity contribution in [2.24, 2.45) is 5.92 Å². The van der Waals surface area contributed by atoms with Crippen molar-refractivity contribution in [1.82, 2.24) is 0 Å². The van der Waals surface area contributed by atoms with Gasteiger partial charge in [-0.05, 0) is 42.8 Å². The van der Waals surface area contributed by atoms with E-state index in [2.05, 4.69) is 11.8 Å². The van der Waals surface area contributed by atoms with E-state index in [0.717, 1.165) is 0 Å². The van der Waals surface area contributed by atoms with Crippen LogP contribution in [0.25, 0.3) is 0 Å².